The Labute approximate surface area is 176 Å². The van der Waals surface area contributed by atoms with Crippen LogP contribution in [0.25, 0.3) is 11.1 Å². The van der Waals surface area contributed by atoms with Crippen molar-refractivity contribution in [3.05, 3.63) is 70.5 Å². The van der Waals surface area contributed by atoms with E-state index in [2.05, 4.69) is 9.71 Å². The average molecular weight is 453 g/mol. The van der Waals surface area contributed by atoms with Crippen LogP contribution in [0.2, 0.25) is 5.02 Å². The number of nitrogens with one attached hydrogen (secondary N) is 1. The molecule has 1 aliphatic heterocycles. The average Bonchev–Trinajstić information content (AvgIpc) is 2.70. The largest absolute Gasteiger partial charge is 0.494 e. The predicted molar refractivity (Wildman–Crippen MR) is 107 cm³/mol. The molecule has 0 saturated heterocycles. The van der Waals surface area contributed by atoms with Gasteiger partial charge < -0.3 is 9.47 Å². The van der Waals surface area contributed by atoms with E-state index in [0.29, 0.717) is 22.9 Å². The predicted octanol–water partition coefficient (Wildman–Crippen LogP) is 4.52. The van der Waals surface area contributed by atoms with Crippen LogP contribution in [0.15, 0.2) is 47.5 Å². The highest BCUT2D eigenvalue weighted by atomic mass is 35.5. The Morgan fingerprint density at radius 2 is 1.93 bits per heavy atom. The summed E-state index contributed by atoms with van der Waals surface area (Å²) in [6.07, 6.45) is 1.52. The van der Waals surface area contributed by atoms with E-state index in [4.69, 9.17) is 21.1 Å². The van der Waals surface area contributed by atoms with Crippen molar-refractivity contribution in [2.45, 2.75) is 18.1 Å². The fraction of sp³-hybridized carbons (Fsp3) is 0.150. The van der Waals surface area contributed by atoms with E-state index >= 15 is 0 Å². The van der Waals surface area contributed by atoms with E-state index < -0.39 is 27.3 Å². The summed E-state index contributed by atoms with van der Waals surface area (Å²) in [5, 5.41) is 0.0487. The molecule has 0 unspecified atom stereocenters. The second kappa shape index (κ2) is 7.82. The van der Waals surface area contributed by atoms with Crippen molar-refractivity contribution in [3.63, 3.8) is 0 Å². The van der Waals surface area contributed by atoms with Crippen molar-refractivity contribution in [2.75, 3.05) is 11.8 Å². The molecule has 0 atom stereocenters. The number of sulfonamides is 1. The summed E-state index contributed by atoms with van der Waals surface area (Å²) in [6, 6.07) is 7.73. The van der Waals surface area contributed by atoms with Gasteiger partial charge in [0.15, 0.2) is 5.75 Å². The molecule has 0 fully saturated rings. The lowest BCUT2D eigenvalue weighted by Crippen LogP contribution is -2.16. The third-order valence-corrected chi connectivity index (χ3v) is 6.20. The highest BCUT2D eigenvalue weighted by Crippen LogP contribution is 2.37. The van der Waals surface area contributed by atoms with Crippen molar-refractivity contribution < 1.29 is 26.7 Å². The highest BCUT2D eigenvalue weighted by molar-refractivity contribution is 7.92. The maximum atomic E-state index is 14.6. The lowest BCUT2D eigenvalue weighted by atomic mass is 10.0. The summed E-state index contributed by atoms with van der Waals surface area (Å²) in [5.74, 6) is -2.03. The van der Waals surface area contributed by atoms with Crippen molar-refractivity contribution >= 4 is 27.3 Å². The molecule has 4 bridgehead atoms. The second-order valence-electron chi connectivity index (χ2n) is 6.52. The fourth-order valence-electron chi connectivity index (χ4n) is 3.20. The van der Waals surface area contributed by atoms with Gasteiger partial charge in [-0.3, -0.25) is 9.71 Å². The lowest BCUT2D eigenvalue weighted by Gasteiger charge is -2.15. The smallest absolute Gasteiger partial charge is 0.265 e. The minimum absolute atomic E-state index is 0.0106. The maximum absolute atomic E-state index is 14.6. The van der Waals surface area contributed by atoms with Crippen molar-refractivity contribution in [2.24, 2.45) is 0 Å². The first-order chi connectivity index (χ1) is 14.3. The zero-order valence-electron chi connectivity index (χ0n) is 15.6. The summed E-state index contributed by atoms with van der Waals surface area (Å²) < 4.78 is 68.1. The number of ether oxygens (including phenoxy) is 2. The molecule has 1 aliphatic rings. The van der Waals surface area contributed by atoms with Gasteiger partial charge in [-0.2, -0.15) is 0 Å². The maximum Gasteiger partial charge on any atom is 0.265 e. The van der Waals surface area contributed by atoms with E-state index in [1.807, 2.05) is 0 Å². The SMILES string of the molecule is COc1c(Cl)cc2cc1S(=O)(=O)Nc1cc(c(F)cc1F)-c1cccnc1COC2. The summed E-state index contributed by atoms with van der Waals surface area (Å²) in [6.45, 7) is 0.0260. The Hall–Kier alpha value is -2.75. The van der Waals surface area contributed by atoms with Crippen molar-refractivity contribution in [1.29, 1.82) is 0 Å². The van der Waals surface area contributed by atoms with Gasteiger partial charge in [-0.05, 0) is 29.8 Å². The van der Waals surface area contributed by atoms with Gasteiger partial charge in [0.05, 0.1) is 36.7 Å². The molecule has 1 aromatic heterocycles. The van der Waals surface area contributed by atoms with Crippen LogP contribution in [0, 0.1) is 11.6 Å². The number of hydrogen-bond acceptors (Lipinski definition) is 5. The Morgan fingerprint density at radius 1 is 1.13 bits per heavy atom. The van der Waals surface area contributed by atoms with Gasteiger partial charge in [0.2, 0.25) is 0 Å². The lowest BCUT2D eigenvalue weighted by molar-refractivity contribution is 0.105. The number of pyridine rings is 1. The van der Waals surface area contributed by atoms with Gasteiger partial charge in [0.1, 0.15) is 16.5 Å². The molecule has 0 amide bonds. The van der Waals surface area contributed by atoms with Gasteiger partial charge in [-0.15, -0.1) is 0 Å². The number of aromatic nitrogens is 1. The molecule has 0 radical (unpaired) electrons. The summed E-state index contributed by atoms with van der Waals surface area (Å²) in [7, 11) is -3.06. The van der Waals surface area contributed by atoms with Crippen LogP contribution in [-0.2, 0) is 28.0 Å². The molecule has 0 aliphatic carbocycles. The van der Waals surface area contributed by atoms with Crippen LogP contribution in [0.1, 0.15) is 11.3 Å². The Morgan fingerprint density at radius 3 is 2.70 bits per heavy atom. The molecule has 2 aromatic carbocycles. The first-order valence-corrected chi connectivity index (χ1v) is 10.6. The van der Waals surface area contributed by atoms with Gasteiger partial charge in [-0.25, -0.2) is 17.2 Å². The minimum Gasteiger partial charge on any atom is -0.494 e. The van der Waals surface area contributed by atoms with Crippen molar-refractivity contribution in [3.8, 4) is 16.9 Å². The number of methoxy groups -OCH3 is 1. The fourth-order valence-corrected chi connectivity index (χ4v) is 4.87. The van der Waals surface area contributed by atoms with Crippen LogP contribution >= 0.6 is 11.6 Å². The molecular formula is C20H15ClF2N2O4S. The second-order valence-corrected chi connectivity index (χ2v) is 8.57. The molecule has 2 heterocycles. The molecule has 1 N–H and O–H groups in total. The monoisotopic (exact) mass is 452 g/mol. The minimum atomic E-state index is -4.33. The molecule has 3 aromatic rings. The molecule has 30 heavy (non-hydrogen) atoms. The number of rotatable bonds is 1. The van der Waals surface area contributed by atoms with Gasteiger partial charge in [0, 0.05) is 23.4 Å². The van der Waals surface area contributed by atoms with E-state index in [1.54, 1.807) is 12.1 Å². The molecule has 6 nitrogen and oxygen atoms in total. The molecule has 156 valence electrons. The van der Waals surface area contributed by atoms with Crippen molar-refractivity contribution in [1.82, 2.24) is 4.98 Å². The topological polar surface area (TPSA) is 77.5 Å². The molecular weight excluding hydrogens is 438 g/mol. The number of nitrogens with zero attached hydrogens (tertiary/aromatic N) is 1. The highest BCUT2D eigenvalue weighted by Gasteiger charge is 2.26. The van der Waals surface area contributed by atoms with Crippen LogP contribution in [0.4, 0.5) is 14.5 Å². The molecule has 0 saturated carbocycles. The van der Waals surface area contributed by atoms with Crippen LogP contribution < -0.4 is 9.46 Å². The number of anilines is 1. The third kappa shape index (κ3) is 3.71. The van der Waals surface area contributed by atoms with Crippen LogP contribution in [-0.4, -0.2) is 20.5 Å². The van der Waals surface area contributed by atoms with Gasteiger partial charge in [-0.1, -0.05) is 17.7 Å². The van der Waals surface area contributed by atoms with E-state index in [9.17, 15) is 17.2 Å². The van der Waals surface area contributed by atoms with E-state index in [1.165, 1.54) is 25.4 Å². The first-order valence-electron chi connectivity index (χ1n) is 8.70. The quantitative estimate of drug-likeness (QED) is 0.587. The normalized spacial score (nSPS) is 15.1. The van der Waals surface area contributed by atoms with Crippen LogP contribution in [0.5, 0.6) is 5.75 Å². The summed E-state index contributed by atoms with van der Waals surface area (Å²) in [4.78, 5) is 3.93. The summed E-state index contributed by atoms with van der Waals surface area (Å²) in [5.41, 5.74) is 0.783. The van der Waals surface area contributed by atoms with Gasteiger partial charge in [0.25, 0.3) is 10.0 Å². The zero-order chi connectivity index (χ0) is 21.5. The van der Waals surface area contributed by atoms with E-state index in [0.717, 1.165) is 6.07 Å². The zero-order valence-corrected chi connectivity index (χ0v) is 17.2. The Bertz CT molecular complexity index is 1250. The molecule has 10 heteroatoms. The summed E-state index contributed by atoms with van der Waals surface area (Å²) >= 11 is 6.19. The Balaban J connectivity index is 1.97. The first kappa shape index (κ1) is 20.5. The molecule has 4 rings (SSSR count). The molecule has 0 spiro atoms. The number of halogens is 3. The van der Waals surface area contributed by atoms with Crippen LogP contribution in [0.3, 0.4) is 0 Å². The standard InChI is InChI=1S/C20H15ClF2N2O4S/c1-28-20-14(21)5-11-6-19(20)30(26,27)25-17-7-13(15(22)8-16(17)23)12-3-2-4-24-18(12)10-29-9-11/h2-8,25H,9-10H2,1H3. The third-order valence-electron chi connectivity index (χ3n) is 4.55. The number of fused-ring (bicyclic) bond motifs is 6. The Kier molecular flexibility index (Phi) is 5.35. The number of hydrogen-bond donors (Lipinski definition) is 1. The van der Waals surface area contributed by atoms with Gasteiger partial charge >= 0.3 is 0 Å². The van der Waals surface area contributed by atoms with E-state index in [-0.39, 0.29) is 34.4 Å². The number of benzene rings is 2.